The maximum Gasteiger partial charge on any atom is 0.290 e. The summed E-state index contributed by atoms with van der Waals surface area (Å²) in [6.07, 6.45) is 0. The Morgan fingerprint density at radius 1 is 0.396 bits per heavy atom. The van der Waals surface area contributed by atoms with Crippen LogP contribution in [0, 0.1) is 0 Å². The third-order valence-electron chi connectivity index (χ3n) is 11.1. The summed E-state index contributed by atoms with van der Waals surface area (Å²) in [5.74, 6) is 0. The average Bonchev–Trinajstić information content (AvgIpc) is 3.10. The highest BCUT2D eigenvalue weighted by Crippen LogP contribution is 2.40. The summed E-state index contributed by atoms with van der Waals surface area (Å²) in [5.41, 5.74) is 1.99. The zero-order chi connectivity index (χ0) is 34.5. The highest BCUT2D eigenvalue weighted by atomic mass is 29.8. The Morgan fingerprint density at radius 2 is 0.708 bits per heavy atom. The predicted octanol–water partition coefficient (Wildman–Crippen LogP) is 7.54. The molecule has 0 saturated carbocycles. The molecule has 0 radical (unpaired) electrons. The third kappa shape index (κ3) is 5.03. The molecule has 2 unspecified atom stereocenters. The molecule has 6 aromatic carbocycles. The molecule has 0 spiro atoms. The molecule has 0 bridgehead atoms. The summed E-state index contributed by atoms with van der Waals surface area (Å²) >= 11 is 0. The Balaban J connectivity index is 1.74. The Hall–Kier alpha value is -3.83. The normalized spacial score (nSPS) is 14.8. The quantitative estimate of drug-likeness (QED) is 0.113. The minimum absolute atomic E-state index is 0.750. The molecule has 0 aliphatic rings. The van der Waals surface area contributed by atoms with Gasteiger partial charge in [0.2, 0.25) is 0 Å². The van der Waals surface area contributed by atoms with E-state index in [0.717, 1.165) is 53.7 Å². The van der Waals surface area contributed by atoms with Crippen molar-refractivity contribution in [2.75, 3.05) is 38.0 Å². The fraction of sp³-hybridized carbons (Fsp3) is 0.200. The summed E-state index contributed by atoms with van der Waals surface area (Å²) < 4.78 is 39.7. The van der Waals surface area contributed by atoms with Crippen LogP contribution in [0.2, 0.25) is 26.2 Å². The largest absolute Gasteiger partial charge is 0.377 e. The Bertz CT molecular complexity index is 1930. The van der Waals surface area contributed by atoms with Crippen LogP contribution in [-0.2, 0) is 0 Å². The van der Waals surface area contributed by atoms with E-state index < -0.39 is 30.1 Å². The third-order valence-corrected chi connectivity index (χ3v) is 65.0. The summed E-state index contributed by atoms with van der Waals surface area (Å²) in [5, 5.41) is 7.01. The first-order valence-corrected chi connectivity index (χ1v) is 29.4. The maximum atomic E-state index is 19.9. The molecule has 2 nitrogen and oxygen atoms in total. The maximum absolute atomic E-state index is 19.9. The summed E-state index contributed by atoms with van der Waals surface area (Å²) in [6.45, 7) is 8.82. The lowest BCUT2D eigenvalue weighted by Crippen LogP contribution is -2.90. The number of anilines is 2. The van der Waals surface area contributed by atoms with Crippen molar-refractivity contribution in [2.24, 2.45) is 0 Å². The first-order valence-electron chi connectivity index (χ1n) is 16.7. The second-order valence-electron chi connectivity index (χ2n) is 14.4. The molecule has 0 N–H and O–H groups in total. The van der Waals surface area contributed by atoms with Crippen molar-refractivity contribution in [3.63, 3.8) is 0 Å². The van der Waals surface area contributed by atoms with Gasteiger partial charge in [0.15, 0.2) is 0 Å². The van der Waals surface area contributed by atoms with Crippen molar-refractivity contribution in [3.05, 3.63) is 133 Å². The van der Waals surface area contributed by atoms with E-state index in [0.29, 0.717) is 0 Å². The molecular weight excluding hydrogens is 659 g/mol. The van der Waals surface area contributed by atoms with Crippen LogP contribution in [0.1, 0.15) is 0 Å². The van der Waals surface area contributed by atoms with Crippen LogP contribution in [0.3, 0.4) is 0 Å². The van der Waals surface area contributed by atoms with Crippen LogP contribution in [0.5, 0.6) is 0 Å². The average molecular weight is 705 g/mol. The first kappa shape index (κ1) is 34.0. The zero-order valence-corrected chi connectivity index (χ0v) is 33.4. The molecule has 6 rings (SSSR count). The van der Waals surface area contributed by atoms with Crippen molar-refractivity contribution in [2.45, 2.75) is 26.2 Å². The van der Waals surface area contributed by atoms with Crippen LogP contribution >= 0.6 is 0 Å². The van der Waals surface area contributed by atoms with Crippen molar-refractivity contribution >= 4 is 83.7 Å². The lowest BCUT2D eigenvalue weighted by Gasteiger charge is -2.52. The lowest BCUT2D eigenvalue weighted by atomic mass is 10.1. The molecule has 0 aromatic heterocycles. The molecule has 0 heterocycles. The molecule has 0 saturated heterocycles. The van der Waals surface area contributed by atoms with Crippen molar-refractivity contribution in [1.29, 1.82) is 0 Å². The van der Waals surface area contributed by atoms with E-state index in [9.17, 15) is 0 Å². The van der Waals surface area contributed by atoms with Gasteiger partial charge in [-0.25, -0.2) is 0 Å². The van der Waals surface area contributed by atoms with Crippen LogP contribution in [0.25, 0.3) is 21.5 Å². The highest BCUT2D eigenvalue weighted by molar-refractivity contribution is 7.87. The smallest absolute Gasteiger partial charge is 0.290 e. The Morgan fingerprint density at radius 3 is 1.02 bits per heavy atom. The van der Waals surface area contributed by atoms with Gasteiger partial charge in [-0.3, -0.25) is 0 Å². The fourth-order valence-electron chi connectivity index (χ4n) is 7.86. The predicted molar refractivity (Wildman–Crippen MR) is 217 cm³/mol. The standard InChI is InChI=1S/C40H46F2N2Si4/c1-43(2)35-27-15-19-31-21-17-29-37(39(31)35)47(41,33-23-11-9-12-24-33)45(5,6)46(7,8)48(42,34-25-13-10-14-26-34)38-30-18-22-32-20-16-28-36(40(32)38)44(3)4/h9-30H,1-8H3. The Kier molecular flexibility index (Phi) is 8.91. The van der Waals surface area contributed by atoms with E-state index in [1.54, 1.807) is 0 Å². The summed E-state index contributed by atoms with van der Waals surface area (Å²) in [4.78, 5) is 4.17. The molecule has 246 valence electrons. The van der Waals surface area contributed by atoms with Gasteiger partial charge in [-0.15, -0.1) is 0 Å². The van der Waals surface area contributed by atoms with Gasteiger partial charge in [0.25, 0.3) is 15.9 Å². The number of halogens is 2. The number of nitrogens with zero attached hydrogens (tertiary/aromatic N) is 2. The van der Waals surface area contributed by atoms with Gasteiger partial charge in [0.1, 0.15) is 0 Å². The van der Waals surface area contributed by atoms with Gasteiger partial charge in [-0.2, -0.15) is 0 Å². The highest BCUT2D eigenvalue weighted by Gasteiger charge is 2.71. The topological polar surface area (TPSA) is 6.48 Å². The lowest BCUT2D eigenvalue weighted by molar-refractivity contribution is 0.844. The number of rotatable bonds is 9. The van der Waals surface area contributed by atoms with Crippen LogP contribution < -0.4 is 30.5 Å². The van der Waals surface area contributed by atoms with Gasteiger partial charge in [0, 0.05) is 50.3 Å². The molecule has 0 amide bonds. The number of hydrogen-bond acceptors (Lipinski definition) is 2. The van der Waals surface area contributed by atoms with Crippen molar-refractivity contribution < 1.29 is 8.22 Å². The van der Waals surface area contributed by atoms with Gasteiger partial charge in [0.05, 0.1) is 14.2 Å². The molecular formula is C40H46F2N2Si4. The molecule has 0 aliphatic carbocycles. The van der Waals surface area contributed by atoms with E-state index >= 15 is 8.22 Å². The van der Waals surface area contributed by atoms with Crippen molar-refractivity contribution in [3.8, 4) is 0 Å². The monoisotopic (exact) mass is 704 g/mol. The second-order valence-corrected chi connectivity index (χ2v) is 47.9. The van der Waals surface area contributed by atoms with Gasteiger partial charge in [-0.1, -0.05) is 148 Å². The van der Waals surface area contributed by atoms with Crippen LogP contribution in [0.4, 0.5) is 19.6 Å². The first-order chi connectivity index (χ1) is 22.8. The van der Waals surface area contributed by atoms with Crippen molar-refractivity contribution in [1.82, 2.24) is 0 Å². The number of benzene rings is 6. The van der Waals surface area contributed by atoms with Crippen LogP contribution in [0.15, 0.2) is 133 Å². The summed E-state index contributed by atoms with van der Waals surface area (Å²) in [7, 11) is -6.58. The Labute approximate surface area is 288 Å². The molecule has 0 aliphatic heterocycles. The van der Waals surface area contributed by atoms with Gasteiger partial charge in [-0.05, 0) is 43.7 Å². The molecule has 48 heavy (non-hydrogen) atoms. The van der Waals surface area contributed by atoms with E-state index in [1.807, 2.05) is 125 Å². The van der Waals surface area contributed by atoms with E-state index in [2.05, 4.69) is 72.4 Å². The van der Waals surface area contributed by atoms with Gasteiger partial charge < -0.3 is 18.0 Å². The summed E-state index contributed by atoms with van der Waals surface area (Å²) in [6, 6.07) is 44.3. The fourth-order valence-corrected chi connectivity index (χ4v) is 61.8. The second kappa shape index (κ2) is 12.6. The minimum atomic E-state index is -4.13. The zero-order valence-electron chi connectivity index (χ0n) is 29.4. The van der Waals surface area contributed by atoms with Crippen LogP contribution in [-0.4, -0.2) is 58.3 Å². The molecule has 0 fully saturated rings. The van der Waals surface area contributed by atoms with E-state index in [1.165, 1.54) is 0 Å². The van der Waals surface area contributed by atoms with Gasteiger partial charge >= 0.3 is 0 Å². The van der Waals surface area contributed by atoms with E-state index in [4.69, 9.17) is 0 Å². The van der Waals surface area contributed by atoms with E-state index in [-0.39, 0.29) is 0 Å². The SMILES string of the molecule is CN(C)c1cccc2cccc([Si](F)(c3ccccc3)[Si](C)(C)[Si](C)(C)[Si](F)(c3ccccc3)c3cccc4cccc(N(C)C)c34)c12. The number of fused-ring (bicyclic) bond motifs is 2. The minimum Gasteiger partial charge on any atom is -0.377 e. The molecule has 2 atom stereocenters. The number of hydrogen-bond donors (Lipinski definition) is 0. The molecule has 6 aromatic rings. The molecule has 8 heteroatoms.